The molecule has 0 atom stereocenters. The predicted octanol–water partition coefficient (Wildman–Crippen LogP) is 3.15. The SMILES string of the molecule is COc1ccc(C)cc1C1(CN=C=O)CCCC1. The van der Waals surface area contributed by atoms with E-state index < -0.39 is 0 Å². The average molecular weight is 245 g/mol. The fraction of sp³-hybridized carbons (Fsp3) is 0.533. The predicted molar refractivity (Wildman–Crippen MR) is 70.9 cm³/mol. The summed E-state index contributed by atoms with van der Waals surface area (Å²) in [6, 6.07) is 6.23. The van der Waals surface area contributed by atoms with E-state index in [4.69, 9.17) is 4.74 Å². The molecular weight excluding hydrogens is 226 g/mol. The molecule has 1 aromatic carbocycles. The van der Waals surface area contributed by atoms with E-state index in [0.29, 0.717) is 6.54 Å². The summed E-state index contributed by atoms with van der Waals surface area (Å²) in [6.07, 6.45) is 6.18. The van der Waals surface area contributed by atoms with E-state index in [-0.39, 0.29) is 5.41 Å². The molecule has 0 heterocycles. The summed E-state index contributed by atoms with van der Waals surface area (Å²) >= 11 is 0. The molecule has 0 amide bonds. The van der Waals surface area contributed by atoms with Crippen LogP contribution in [0.4, 0.5) is 0 Å². The van der Waals surface area contributed by atoms with Crippen molar-refractivity contribution in [3.05, 3.63) is 29.3 Å². The lowest BCUT2D eigenvalue weighted by Crippen LogP contribution is -2.26. The highest BCUT2D eigenvalue weighted by molar-refractivity contribution is 5.44. The zero-order valence-electron chi connectivity index (χ0n) is 11.0. The fourth-order valence-electron chi connectivity index (χ4n) is 2.98. The van der Waals surface area contributed by atoms with Crippen molar-refractivity contribution in [2.75, 3.05) is 13.7 Å². The molecule has 3 heteroatoms. The lowest BCUT2D eigenvalue weighted by Gasteiger charge is -2.29. The van der Waals surface area contributed by atoms with Crippen molar-refractivity contribution in [3.63, 3.8) is 0 Å². The van der Waals surface area contributed by atoms with Gasteiger partial charge in [-0.3, -0.25) is 0 Å². The number of aliphatic imine (C=N–C) groups is 1. The number of ether oxygens (including phenoxy) is 1. The summed E-state index contributed by atoms with van der Waals surface area (Å²) in [5, 5.41) is 0. The van der Waals surface area contributed by atoms with E-state index >= 15 is 0 Å². The summed E-state index contributed by atoms with van der Waals surface area (Å²) < 4.78 is 5.48. The van der Waals surface area contributed by atoms with Gasteiger partial charge in [0.2, 0.25) is 6.08 Å². The molecule has 0 unspecified atom stereocenters. The lowest BCUT2D eigenvalue weighted by atomic mass is 9.78. The van der Waals surface area contributed by atoms with Gasteiger partial charge in [-0.05, 0) is 25.8 Å². The largest absolute Gasteiger partial charge is 0.496 e. The first-order valence-electron chi connectivity index (χ1n) is 6.41. The van der Waals surface area contributed by atoms with Gasteiger partial charge in [-0.1, -0.05) is 30.5 Å². The molecule has 96 valence electrons. The maximum atomic E-state index is 10.4. The number of rotatable bonds is 4. The highest BCUT2D eigenvalue weighted by atomic mass is 16.5. The molecule has 1 fully saturated rings. The number of benzene rings is 1. The van der Waals surface area contributed by atoms with Crippen LogP contribution in [0, 0.1) is 6.92 Å². The molecule has 18 heavy (non-hydrogen) atoms. The van der Waals surface area contributed by atoms with E-state index in [1.54, 1.807) is 13.2 Å². The maximum absolute atomic E-state index is 10.4. The Labute approximate surface area is 108 Å². The molecular formula is C15H19NO2. The first-order valence-corrected chi connectivity index (χ1v) is 6.41. The van der Waals surface area contributed by atoms with Gasteiger partial charge < -0.3 is 4.74 Å². The third kappa shape index (κ3) is 2.32. The second-order valence-corrected chi connectivity index (χ2v) is 5.10. The van der Waals surface area contributed by atoms with Crippen molar-refractivity contribution in [3.8, 4) is 5.75 Å². The van der Waals surface area contributed by atoms with Crippen molar-refractivity contribution in [2.24, 2.45) is 4.99 Å². The van der Waals surface area contributed by atoms with E-state index in [2.05, 4.69) is 18.0 Å². The summed E-state index contributed by atoms with van der Waals surface area (Å²) in [6.45, 7) is 2.60. The number of methoxy groups -OCH3 is 1. The minimum atomic E-state index is -0.0330. The van der Waals surface area contributed by atoms with Gasteiger partial charge in [-0.2, -0.15) is 0 Å². The van der Waals surface area contributed by atoms with Crippen molar-refractivity contribution >= 4 is 6.08 Å². The normalized spacial score (nSPS) is 17.2. The number of carbonyl (C=O) groups excluding carboxylic acids is 1. The first-order chi connectivity index (χ1) is 8.72. The van der Waals surface area contributed by atoms with Gasteiger partial charge in [0.1, 0.15) is 5.75 Å². The van der Waals surface area contributed by atoms with Crippen LogP contribution in [0.15, 0.2) is 23.2 Å². The minimum Gasteiger partial charge on any atom is -0.496 e. The number of hydrogen-bond acceptors (Lipinski definition) is 3. The zero-order valence-corrected chi connectivity index (χ0v) is 11.0. The van der Waals surface area contributed by atoms with Gasteiger partial charge in [0.25, 0.3) is 0 Å². The molecule has 0 bridgehead atoms. The van der Waals surface area contributed by atoms with Crippen LogP contribution in [-0.2, 0) is 10.2 Å². The zero-order chi connectivity index (χ0) is 13.0. The van der Waals surface area contributed by atoms with Gasteiger partial charge >= 0.3 is 0 Å². The lowest BCUT2D eigenvalue weighted by molar-refractivity contribution is 0.377. The average Bonchev–Trinajstić information content (AvgIpc) is 2.86. The Bertz CT molecular complexity index is 469. The molecule has 0 saturated heterocycles. The number of nitrogens with zero attached hydrogens (tertiary/aromatic N) is 1. The first kappa shape index (κ1) is 12.8. The van der Waals surface area contributed by atoms with Crippen LogP contribution < -0.4 is 4.74 Å². The number of isocyanates is 1. The standard InChI is InChI=1S/C15H19NO2/c1-12-5-6-14(18-2)13(9-12)15(10-16-11-17)7-3-4-8-15/h5-6,9H,3-4,7-8,10H2,1-2H3. The van der Waals surface area contributed by atoms with Crippen LogP contribution >= 0.6 is 0 Å². The third-order valence-electron chi connectivity index (χ3n) is 3.93. The van der Waals surface area contributed by atoms with E-state index in [9.17, 15) is 4.79 Å². The third-order valence-corrected chi connectivity index (χ3v) is 3.93. The Hall–Kier alpha value is -1.60. The monoisotopic (exact) mass is 245 g/mol. The number of hydrogen-bond donors (Lipinski definition) is 0. The molecule has 1 aliphatic rings. The quantitative estimate of drug-likeness (QED) is 0.603. The maximum Gasteiger partial charge on any atom is 0.234 e. The van der Waals surface area contributed by atoms with E-state index in [1.807, 2.05) is 12.1 Å². The van der Waals surface area contributed by atoms with Crippen molar-refractivity contribution in [1.82, 2.24) is 0 Å². The Morgan fingerprint density at radius 1 is 1.39 bits per heavy atom. The molecule has 0 aliphatic heterocycles. The molecule has 0 N–H and O–H groups in total. The summed E-state index contributed by atoms with van der Waals surface area (Å²) in [4.78, 5) is 14.3. The van der Waals surface area contributed by atoms with Crippen LogP contribution in [0.5, 0.6) is 5.75 Å². The van der Waals surface area contributed by atoms with Crippen molar-refractivity contribution < 1.29 is 9.53 Å². The highest BCUT2D eigenvalue weighted by Crippen LogP contribution is 2.45. The Kier molecular flexibility index (Phi) is 3.83. The molecule has 2 rings (SSSR count). The second-order valence-electron chi connectivity index (χ2n) is 5.10. The van der Waals surface area contributed by atoms with Gasteiger partial charge in [-0.15, -0.1) is 0 Å². The van der Waals surface area contributed by atoms with Gasteiger partial charge in [0, 0.05) is 11.0 Å². The Morgan fingerprint density at radius 2 is 2.11 bits per heavy atom. The summed E-state index contributed by atoms with van der Waals surface area (Å²) in [5.74, 6) is 0.906. The van der Waals surface area contributed by atoms with E-state index in [0.717, 1.165) is 18.6 Å². The Balaban J connectivity index is 2.47. The molecule has 1 aromatic rings. The van der Waals surface area contributed by atoms with Gasteiger partial charge in [0.15, 0.2) is 0 Å². The van der Waals surface area contributed by atoms with Crippen LogP contribution in [0.2, 0.25) is 0 Å². The molecule has 0 aromatic heterocycles. The topological polar surface area (TPSA) is 38.7 Å². The smallest absolute Gasteiger partial charge is 0.234 e. The fourth-order valence-corrected chi connectivity index (χ4v) is 2.98. The highest BCUT2D eigenvalue weighted by Gasteiger charge is 2.37. The van der Waals surface area contributed by atoms with Crippen LogP contribution in [0.3, 0.4) is 0 Å². The molecule has 0 spiro atoms. The second kappa shape index (κ2) is 5.36. The molecule has 3 nitrogen and oxygen atoms in total. The Morgan fingerprint density at radius 3 is 2.72 bits per heavy atom. The summed E-state index contributed by atoms with van der Waals surface area (Å²) in [7, 11) is 1.69. The summed E-state index contributed by atoms with van der Waals surface area (Å²) in [5.41, 5.74) is 2.38. The molecule has 1 saturated carbocycles. The van der Waals surface area contributed by atoms with Crippen LogP contribution in [0.25, 0.3) is 0 Å². The van der Waals surface area contributed by atoms with Crippen LogP contribution in [0.1, 0.15) is 36.8 Å². The van der Waals surface area contributed by atoms with E-state index in [1.165, 1.54) is 24.0 Å². The molecule has 0 radical (unpaired) electrons. The van der Waals surface area contributed by atoms with Crippen LogP contribution in [-0.4, -0.2) is 19.7 Å². The van der Waals surface area contributed by atoms with Crippen molar-refractivity contribution in [1.29, 1.82) is 0 Å². The van der Waals surface area contributed by atoms with Crippen molar-refractivity contribution in [2.45, 2.75) is 38.0 Å². The van der Waals surface area contributed by atoms with Gasteiger partial charge in [-0.25, -0.2) is 9.79 Å². The van der Waals surface area contributed by atoms with Gasteiger partial charge in [0.05, 0.1) is 13.7 Å². The number of aryl methyl sites for hydroxylation is 1. The molecule has 1 aliphatic carbocycles. The minimum absolute atomic E-state index is 0.0330.